The highest BCUT2D eigenvalue weighted by atomic mass is 16.1. The summed E-state index contributed by atoms with van der Waals surface area (Å²) in [6, 6.07) is 4.12. The van der Waals surface area contributed by atoms with E-state index in [0.717, 1.165) is 24.6 Å². The number of aromatic amines is 1. The standard InChI is InChI=1S/C16H24N2O/c19-16-9-8-13-14(6-3-7-15(13)18-16)17-11-10-12-4-1-2-5-12/h8-9,12,14,17H,1-7,10-11H2,(H,18,19). The summed E-state index contributed by atoms with van der Waals surface area (Å²) in [5.41, 5.74) is 2.50. The van der Waals surface area contributed by atoms with Gasteiger partial charge in [0, 0.05) is 17.8 Å². The summed E-state index contributed by atoms with van der Waals surface area (Å²) < 4.78 is 0. The van der Waals surface area contributed by atoms with Crippen LogP contribution < -0.4 is 10.9 Å². The van der Waals surface area contributed by atoms with E-state index in [4.69, 9.17) is 0 Å². The van der Waals surface area contributed by atoms with Crippen LogP contribution in [0.5, 0.6) is 0 Å². The lowest BCUT2D eigenvalue weighted by molar-refractivity contribution is 0.412. The molecule has 1 fully saturated rings. The number of nitrogens with one attached hydrogen (secondary N) is 2. The average Bonchev–Trinajstić information content (AvgIpc) is 2.92. The Kier molecular flexibility index (Phi) is 4.02. The summed E-state index contributed by atoms with van der Waals surface area (Å²) in [4.78, 5) is 14.4. The van der Waals surface area contributed by atoms with Crippen molar-refractivity contribution in [2.75, 3.05) is 6.54 Å². The van der Waals surface area contributed by atoms with Gasteiger partial charge in [-0.1, -0.05) is 31.7 Å². The van der Waals surface area contributed by atoms with Crippen LogP contribution in [-0.2, 0) is 6.42 Å². The molecule has 1 unspecified atom stereocenters. The molecule has 3 rings (SSSR count). The monoisotopic (exact) mass is 260 g/mol. The van der Waals surface area contributed by atoms with Gasteiger partial charge in [0.15, 0.2) is 0 Å². The van der Waals surface area contributed by atoms with E-state index in [0.29, 0.717) is 6.04 Å². The van der Waals surface area contributed by atoms with E-state index >= 15 is 0 Å². The number of pyridine rings is 1. The van der Waals surface area contributed by atoms with Gasteiger partial charge in [0.1, 0.15) is 0 Å². The molecule has 104 valence electrons. The largest absolute Gasteiger partial charge is 0.326 e. The van der Waals surface area contributed by atoms with E-state index in [9.17, 15) is 4.79 Å². The minimum absolute atomic E-state index is 0.0327. The summed E-state index contributed by atoms with van der Waals surface area (Å²) >= 11 is 0. The van der Waals surface area contributed by atoms with E-state index in [1.807, 2.05) is 6.07 Å². The number of rotatable bonds is 4. The molecule has 2 aliphatic carbocycles. The van der Waals surface area contributed by atoms with Crippen LogP contribution in [-0.4, -0.2) is 11.5 Å². The SMILES string of the molecule is O=c1ccc2c([nH]1)CCCC2NCCC1CCCC1. The van der Waals surface area contributed by atoms with Crippen LogP contribution in [0.1, 0.15) is 62.2 Å². The number of fused-ring (bicyclic) bond motifs is 1. The number of hydrogen-bond acceptors (Lipinski definition) is 2. The zero-order valence-corrected chi connectivity index (χ0v) is 11.6. The molecule has 3 heteroatoms. The lowest BCUT2D eigenvalue weighted by Crippen LogP contribution is -2.28. The summed E-state index contributed by atoms with van der Waals surface area (Å²) in [5, 5.41) is 3.70. The molecule has 0 bridgehead atoms. The molecule has 1 aromatic heterocycles. The smallest absolute Gasteiger partial charge is 0.248 e. The second kappa shape index (κ2) is 5.91. The highest BCUT2D eigenvalue weighted by molar-refractivity contribution is 5.26. The van der Waals surface area contributed by atoms with Crippen LogP contribution in [0.25, 0.3) is 0 Å². The molecule has 0 aromatic carbocycles. The van der Waals surface area contributed by atoms with Crippen molar-refractivity contribution in [3.8, 4) is 0 Å². The van der Waals surface area contributed by atoms with E-state index in [-0.39, 0.29) is 5.56 Å². The van der Waals surface area contributed by atoms with Crippen molar-refractivity contribution in [1.29, 1.82) is 0 Å². The summed E-state index contributed by atoms with van der Waals surface area (Å²) in [7, 11) is 0. The predicted molar refractivity (Wildman–Crippen MR) is 77.3 cm³/mol. The summed E-state index contributed by atoms with van der Waals surface area (Å²) in [6.07, 6.45) is 10.4. The predicted octanol–water partition coefficient (Wildman–Crippen LogP) is 2.92. The Morgan fingerprint density at radius 1 is 1.16 bits per heavy atom. The minimum Gasteiger partial charge on any atom is -0.326 e. The quantitative estimate of drug-likeness (QED) is 0.874. The third kappa shape index (κ3) is 3.08. The van der Waals surface area contributed by atoms with Crippen molar-refractivity contribution in [1.82, 2.24) is 10.3 Å². The maximum Gasteiger partial charge on any atom is 0.248 e. The van der Waals surface area contributed by atoms with Gasteiger partial charge in [-0.2, -0.15) is 0 Å². The van der Waals surface area contributed by atoms with Crippen molar-refractivity contribution in [3.05, 3.63) is 33.7 Å². The highest BCUT2D eigenvalue weighted by Crippen LogP contribution is 2.29. The van der Waals surface area contributed by atoms with Gasteiger partial charge in [-0.15, -0.1) is 0 Å². The van der Waals surface area contributed by atoms with Crippen molar-refractivity contribution < 1.29 is 0 Å². The van der Waals surface area contributed by atoms with Crippen LogP contribution in [0.15, 0.2) is 16.9 Å². The molecule has 0 spiro atoms. The number of H-pyrrole nitrogens is 1. The van der Waals surface area contributed by atoms with Gasteiger partial charge >= 0.3 is 0 Å². The molecular formula is C16H24N2O. The first-order valence-electron chi connectivity index (χ1n) is 7.78. The van der Waals surface area contributed by atoms with Gasteiger partial charge in [-0.05, 0) is 43.7 Å². The molecule has 2 aliphatic rings. The Bertz CT molecular complexity index is 474. The fraction of sp³-hybridized carbons (Fsp3) is 0.688. The third-order valence-electron chi connectivity index (χ3n) is 4.75. The highest BCUT2D eigenvalue weighted by Gasteiger charge is 2.21. The lowest BCUT2D eigenvalue weighted by Gasteiger charge is -2.26. The fourth-order valence-electron chi connectivity index (χ4n) is 3.67. The molecule has 1 heterocycles. The fourth-order valence-corrected chi connectivity index (χ4v) is 3.67. The van der Waals surface area contributed by atoms with Crippen molar-refractivity contribution in [2.24, 2.45) is 5.92 Å². The molecule has 3 nitrogen and oxygen atoms in total. The van der Waals surface area contributed by atoms with Gasteiger partial charge in [0.2, 0.25) is 5.56 Å². The minimum atomic E-state index is 0.0327. The zero-order chi connectivity index (χ0) is 13.1. The second-order valence-electron chi connectivity index (χ2n) is 6.09. The molecular weight excluding hydrogens is 236 g/mol. The van der Waals surface area contributed by atoms with Crippen molar-refractivity contribution in [2.45, 2.75) is 57.4 Å². The molecule has 2 N–H and O–H groups in total. The first kappa shape index (κ1) is 12.9. The van der Waals surface area contributed by atoms with E-state index in [1.54, 1.807) is 6.07 Å². The number of aryl methyl sites for hydroxylation is 1. The van der Waals surface area contributed by atoms with E-state index in [1.165, 1.54) is 50.5 Å². The average molecular weight is 260 g/mol. The zero-order valence-electron chi connectivity index (χ0n) is 11.6. The topological polar surface area (TPSA) is 44.9 Å². The Labute approximate surface area is 114 Å². The Morgan fingerprint density at radius 2 is 2.00 bits per heavy atom. The van der Waals surface area contributed by atoms with Gasteiger partial charge < -0.3 is 10.3 Å². The lowest BCUT2D eigenvalue weighted by atomic mass is 9.91. The first-order chi connectivity index (χ1) is 9.33. The molecule has 0 saturated heterocycles. The molecule has 1 atom stereocenters. The van der Waals surface area contributed by atoms with Crippen LogP contribution in [0.3, 0.4) is 0 Å². The Morgan fingerprint density at radius 3 is 2.84 bits per heavy atom. The van der Waals surface area contributed by atoms with Crippen LogP contribution >= 0.6 is 0 Å². The van der Waals surface area contributed by atoms with E-state index < -0.39 is 0 Å². The van der Waals surface area contributed by atoms with Gasteiger partial charge in [-0.25, -0.2) is 0 Å². The van der Waals surface area contributed by atoms with Gasteiger partial charge in [0.05, 0.1) is 0 Å². The normalized spacial score (nSPS) is 23.5. The van der Waals surface area contributed by atoms with Crippen LogP contribution in [0.2, 0.25) is 0 Å². The van der Waals surface area contributed by atoms with Crippen molar-refractivity contribution >= 4 is 0 Å². The third-order valence-corrected chi connectivity index (χ3v) is 4.75. The maximum atomic E-state index is 11.4. The summed E-state index contributed by atoms with van der Waals surface area (Å²) in [5.74, 6) is 0.950. The summed E-state index contributed by atoms with van der Waals surface area (Å²) in [6.45, 7) is 1.12. The number of hydrogen-bond donors (Lipinski definition) is 2. The molecule has 0 aliphatic heterocycles. The van der Waals surface area contributed by atoms with Gasteiger partial charge in [0.25, 0.3) is 0 Å². The molecule has 0 radical (unpaired) electrons. The van der Waals surface area contributed by atoms with Crippen LogP contribution in [0.4, 0.5) is 0 Å². The first-order valence-corrected chi connectivity index (χ1v) is 7.78. The van der Waals surface area contributed by atoms with E-state index in [2.05, 4.69) is 10.3 Å². The number of aromatic nitrogens is 1. The maximum absolute atomic E-state index is 11.4. The molecule has 1 aromatic rings. The molecule has 1 saturated carbocycles. The van der Waals surface area contributed by atoms with Gasteiger partial charge in [-0.3, -0.25) is 4.79 Å². The molecule has 0 amide bonds. The molecule has 19 heavy (non-hydrogen) atoms. The Balaban J connectivity index is 1.58. The van der Waals surface area contributed by atoms with Crippen molar-refractivity contribution in [3.63, 3.8) is 0 Å². The Hall–Kier alpha value is -1.09. The van der Waals surface area contributed by atoms with Crippen LogP contribution in [0, 0.1) is 5.92 Å². The second-order valence-corrected chi connectivity index (χ2v) is 6.09.